The van der Waals surface area contributed by atoms with Gasteiger partial charge in [0.05, 0.1) is 72.7 Å². The number of rotatable bonds is 21. The van der Waals surface area contributed by atoms with E-state index in [4.69, 9.17) is 33.2 Å². The zero-order valence-electron chi connectivity index (χ0n) is 19.5. The summed E-state index contributed by atoms with van der Waals surface area (Å²) < 4.78 is 37.5. The van der Waals surface area contributed by atoms with Gasteiger partial charge in [0.15, 0.2) is 0 Å². The Morgan fingerprint density at radius 3 is 1.59 bits per heavy atom. The van der Waals surface area contributed by atoms with Crippen LogP contribution in [-0.4, -0.2) is 104 Å². The Balaban J connectivity index is 1.79. The van der Waals surface area contributed by atoms with E-state index in [1.807, 2.05) is 37.3 Å². The number of benzene rings is 1. The van der Waals surface area contributed by atoms with Crippen LogP contribution < -0.4 is 0 Å². The topological polar surface area (TPSA) is 84.9 Å². The first-order chi connectivity index (χ1) is 15.7. The van der Waals surface area contributed by atoms with Gasteiger partial charge in [0.1, 0.15) is 6.61 Å². The third-order valence-corrected chi connectivity index (χ3v) is 4.15. The third-order valence-electron chi connectivity index (χ3n) is 4.15. The van der Waals surface area contributed by atoms with Crippen LogP contribution in [0.1, 0.15) is 12.5 Å². The molecule has 1 rings (SSSR count). The fourth-order valence-corrected chi connectivity index (χ4v) is 2.37. The van der Waals surface area contributed by atoms with Gasteiger partial charge in [0.25, 0.3) is 0 Å². The van der Waals surface area contributed by atoms with Crippen LogP contribution in [0.25, 0.3) is 0 Å². The summed E-state index contributed by atoms with van der Waals surface area (Å²) in [4.78, 5) is 13.4. The summed E-state index contributed by atoms with van der Waals surface area (Å²) in [6.07, 6.45) is -0.371. The van der Waals surface area contributed by atoms with Crippen LogP contribution >= 0.6 is 0 Å². The second-order valence-electron chi connectivity index (χ2n) is 6.72. The SMILES string of the molecule is CCOCCOCCOCCOCCOCCOCCN(C)C(=O)OCc1ccccc1. The predicted octanol–water partition coefficient (Wildman–Crippen LogP) is 2.37. The van der Waals surface area contributed by atoms with E-state index in [2.05, 4.69) is 0 Å². The summed E-state index contributed by atoms with van der Waals surface area (Å²) in [6, 6.07) is 9.57. The number of carbonyl (C=O) groups is 1. The normalized spacial score (nSPS) is 10.9. The molecular weight excluding hydrogens is 418 g/mol. The monoisotopic (exact) mass is 457 g/mol. The van der Waals surface area contributed by atoms with Crippen LogP contribution in [0.5, 0.6) is 0 Å². The summed E-state index contributed by atoms with van der Waals surface area (Å²) in [5, 5.41) is 0. The molecule has 0 aliphatic rings. The number of hydrogen-bond donors (Lipinski definition) is 0. The second kappa shape index (κ2) is 21.1. The van der Waals surface area contributed by atoms with E-state index in [1.54, 1.807) is 7.05 Å². The largest absolute Gasteiger partial charge is 0.445 e. The molecule has 0 unspecified atom stereocenters. The molecule has 0 bridgehead atoms. The van der Waals surface area contributed by atoms with Crippen molar-refractivity contribution in [2.45, 2.75) is 13.5 Å². The zero-order chi connectivity index (χ0) is 23.1. The molecule has 9 nitrogen and oxygen atoms in total. The Morgan fingerprint density at radius 2 is 1.12 bits per heavy atom. The minimum absolute atomic E-state index is 0.260. The molecule has 0 saturated carbocycles. The van der Waals surface area contributed by atoms with E-state index >= 15 is 0 Å². The second-order valence-corrected chi connectivity index (χ2v) is 6.72. The Labute approximate surface area is 191 Å². The highest BCUT2D eigenvalue weighted by Crippen LogP contribution is 2.02. The molecule has 0 aliphatic heterocycles. The maximum absolute atomic E-state index is 11.9. The molecule has 0 heterocycles. The molecule has 32 heavy (non-hydrogen) atoms. The van der Waals surface area contributed by atoms with Crippen molar-refractivity contribution in [3.8, 4) is 0 Å². The lowest BCUT2D eigenvalue weighted by Gasteiger charge is -2.17. The maximum atomic E-state index is 11.9. The van der Waals surface area contributed by atoms with E-state index < -0.39 is 0 Å². The van der Waals surface area contributed by atoms with E-state index in [9.17, 15) is 4.79 Å². The molecule has 0 radical (unpaired) electrons. The van der Waals surface area contributed by atoms with Gasteiger partial charge in [-0.15, -0.1) is 0 Å². The van der Waals surface area contributed by atoms with Crippen LogP contribution in [0, 0.1) is 0 Å². The van der Waals surface area contributed by atoms with Gasteiger partial charge in [0.2, 0.25) is 0 Å². The molecular formula is C23H39NO8. The van der Waals surface area contributed by atoms with Gasteiger partial charge in [-0.1, -0.05) is 30.3 Å². The number of amides is 1. The lowest BCUT2D eigenvalue weighted by Crippen LogP contribution is -2.31. The van der Waals surface area contributed by atoms with Gasteiger partial charge in [-0.3, -0.25) is 0 Å². The van der Waals surface area contributed by atoms with E-state index in [1.165, 1.54) is 4.90 Å². The smallest absolute Gasteiger partial charge is 0.409 e. The molecule has 0 saturated heterocycles. The standard InChI is InChI=1S/C23H39NO8/c1-3-26-11-12-28-15-16-30-19-20-31-18-17-29-14-13-27-10-9-24(2)23(25)32-21-22-7-5-4-6-8-22/h4-8H,3,9-21H2,1-2H3. The lowest BCUT2D eigenvalue weighted by atomic mass is 10.2. The van der Waals surface area contributed by atoms with Crippen molar-refractivity contribution in [3.63, 3.8) is 0 Å². The molecule has 0 aliphatic carbocycles. The van der Waals surface area contributed by atoms with Crippen LogP contribution in [0.3, 0.4) is 0 Å². The Hall–Kier alpha value is -1.75. The van der Waals surface area contributed by atoms with Gasteiger partial charge >= 0.3 is 6.09 Å². The molecule has 0 N–H and O–H groups in total. The van der Waals surface area contributed by atoms with Gasteiger partial charge in [-0.2, -0.15) is 0 Å². The van der Waals surface area contributed by atoms with Gasteiger partial charge in [0, 0.05) is 20.2 Å². The van der Waals surface area contributed by atoms with Crippen molar-refractivity contribution in [2.24, 2.45) is 0 Å². The molecule has 1 aromatic carbocycles. The van der Waals surface area contributed by atoms with Crippen molar-refractivity contribution in [1.29, 1.82) is 0 Å². The van der Waals surface area contributed by atoms with Crippen LogP contribution in [0.15, 0.2) is 30.3 Å². The van der Waals surface area contributed by atoms with Crippen LogP contribution in [-0.2, 0) is 39.8 Å². The predicted molar refractivity (Wildman–Crippen MR) is 120 cm³/mol. The minimum atomic E-state index is -0.371. The van der Waals surface area contributed by atoms with Gasteiger partial charge < -0.3 is 38.1 Å². The first-order valence-electron chi connectivity index (χ1n) is 11.1. The summed E-state index contributed by atoms with van der Waals surface area (Å²) in [5.41, 5.74) is 0.956. The summed E-state index contributed by atoms with van der Waals surface area (Å²) in [5.74, 6) is 0. The summed E-state index contributed by atoms with van der Waals surface area (Å²) >= 11 is 0. The van der Waals surface area contributed by atoms with E-state index in [0.29, 0.717) is 85.8 Å². The van der Waals surface area contributed by atoms with Crippen molar-refractivity contribution >= 4 is 6.09 Å². The molecule has 0 spiro atoms. The molecule has 9 heteroatoms. The quantitative estimate of drug-likeness (QED) is 0.260. The average Bonchev–Trinajstić information content (AvgIpc) is 2.82. The number of nitrogens with zero attached hydrogens (tertiary/aromatic N) is 1. The van der Waals surface area contributed by atoms with E-state index in [-0.39, 0.29) is 12.7 Å². The molecule has 184 valence electrons. The fourth-order valence-electron chi connectivity index (χ4n) is 2.37. The van der Waals surface area contributed by atoms with Crippen molar-refractivity contribution < 1.29 is 38.0 Å². The fraction of sp³-hybridized carbons (Fsp3) is 0.696. The van der Waals surface area contributed by atoms with Crippen LogP contribution in [0.2, 0.25) is 0 Å². The Bertz CT molecular complexity index is 546. The molecule has 0 aromatic heterocycles. The van der Waals surface area contributed by atoms with Gasteiger partial charge in [-0.25, -0.2) is 4.79 Å². The zero-order valence-corrected chi connectivity index (χ0v) is 19.5. The highest BCUT2D eigenvalue weighted by molar-refractivity contribution is 5.67. The molecule has 1 aromatic rings. The Kier molecular flexibility index (Phi) is 18.7. The molecule has 0 atom stereocenters. The van der Waals surface area contributed by atoms with Crippen molar-refractivity contribution in [2.75, 3.05) is 92.9 Å². The number of ether oxygens (including phenoxy) is 7. The third kappa shape index (κ3) is 16.9. The van der Waals surface area contributed by atoms with Crippen molar-refractivity contribution in [1.82, 2.24) is 4.90 Å². The Morgan fingerprint density at radius 1 is 0.688 bits per heavy atom. The first-order valence-corrected chi connectivity index (χ1v) is 11.1. The summed E-state index contributed by atoms with van der Waals surface area (Å²) in [6.45, 7) is 9.08. The summed E-state index contributed by atoms with van der Waals surface area (Å²) in [7, 11) is 1.68. The van der Waals surface area contributed by atoms with Crippen molar-refractivity contribution in [3.05, 3.63) is 35.9 Å². The van der Waals surface area contributed by atoms with E-state index in [0.717, 1.165) is 5.56 Å². The number of likely N-dealkylation sites (N-methyl/N-ethyl adjacent to an activating group) is 1. The number of hydrogen-bond acceptors (Lipinski definition) is 8. The maximum Gasteiger partial charge on any atom is 0.409 e. The first kappa shape index (κ1) is 28.3. The average molecular weight is 458 g/mol. The number of carbonyl (C=O) groups excluding carboxylic acids is 1. The highest BCUT2D eigenvalue weighted by atomic mass is 16.6. The lowest BCUT2D eigenvalue weighted by molar-refractivity contribution is -0.0168. The van der Waals surface area contributed by atoms with Crippen LogP contribution in [0.4, 0.5) is 4.79 Å². The van der Waals surface area contributed by atoms with Gasteiger partial charge in [-0.05, 0) is 12.5 Å². The molecule has 0 fully saturated rings. The molecule has 1 amide bonds. The highest BCUT2D eigenvalue weighted by Gasteiger charge is 2.09. The minimum Gasteiger partial charge on any atom is -0.445 e.